The molecule has 1 rings (SSSR count). The zero-order chi connectivity index (χ0) is 3.54. The van der Waals surface area contributed by atoms with Gasteiger partial charge in [0.15, 0.2) is 0 Å². The Bertz CT molecular complexity index is 65.3. The molecule has 0 fully saturated rings. The Kier molecular flexibility index (Phi) is 2.96. The number of nitrogens with zero attached hydrogens (tertiary/aromatic N) is 1. The molecule has 0 unspecified atom stereocenters. The molecule has 34 valence electrons. The van der Waals surface area contributed by atoms with Crippen LogP contribution in [-0.2, 0) is 19.5 Å². The van der Waals surface area contributed by atoms with Gasteiger partial charge in [-0.1, -0.05) is 0 Å². The summed E-state index contributed by atoms with van der Waals surface area (Å²) < 4.78 is 0. The Morgan fingerprint density at radius 2 is 2.33 bits per heavy atom. The third kappa shape index (κ3) is 1.32. The van der Waals surface area contributed by atoms with Crippen LogP contribution in [-0.4, -0.2) is 10.2 Å². The predicted octanol–water partition coefficient (Wildman–Crippen LogP) is 0.407. The summed E-state index contributed by atoms with van der Waals surface area (Å²) in [6, 6.07) is 1.83. The van der Waals surface area contributed by atoms with Gasteiger partial charge in [-0.05, 0) is 6.07 Å². The van der Waals surface area contributed by atoms with Crippen molar-refractivity contribution in [3.8, 4) is 0 Å². The first-order valence-corrected chi connectivity index (χ1v) is 1.44. The van der Waals surface area contributed by atoms with Crippen molar-refractivity contribution in [2.24, 2.45) is 0 Å². The third-order valence-electron chi connectivity index (χ3n) is 0.406. The zero-order valence-electron chi connectivity index (χ0n) is 3.03. The van der Waals surface area contributed by atoms with Crippen LogP contribution in [0.5, 0.6) is 0 Å². The smallest absolute Gasteiger partial charge is 0.0487 e. The van der Waals surface area contributed by atoms with Crippen molar-refractivity contribution in [2.75, 3.05) is 0 Å². The van der Waals surface area contributed by atoms with Crippen LogP contribution < -0.4 is 0 Å². The minimum absolute atomic E-state index is 0. The van der Waals surface area contributed by atoms with Gasteiger partial charge in [-0.25, -0.2) is 0 Å². The Hall–Kier alpha value is -0.167. The molecule has 0 amide bonds. The van der Waals surface area contributed by atoms with E-state index >= 15 is 0 Å². The monoisotopic (exact) mass is 170 g/mol. The van der Waals surface area contributed by atoms with Crippen molar-refractivity contribution in [2.45, 2.75) is 0 Å². The first-order valence-electron chi connectivity index (χ1n) is 1.44. The molecule has 1 heterocycles. The van der Waals surface area contributed by atoms with E-state index in [1.165, 1.54) is 0 Å². The third-order valence-corrected chi connectivity index (χ3v) is 0.406. The van der Waals surface area contributed by atoms with E-state index in [0.717, 1.165) is 0 Å². The second-order valence-corrected chi connectivity index (χ2v) is 0.766. The van der Waals surface area contributed by atoms with Gasteiger partial charge >= 0.3 is 0 Å². The molecule has 6 heavy (non-hydrogen) atoms. The van der Waals surface area contributed by atoms with E-state index in [2.05, 4.69) is 10.2 Å². The molecule has 0 bridgehead atoms. The number of aromatic amines is 1. The molecule has 0 radical (unpaired) electrons. The molecular weight excluding hydrogens is 165 g/mol. The van der Waals surface area contributed by atoms with Crippen molar-refractivity contribution >= 4 is 0 Å². The summed E-state index contributed by atoms with van der Waals surface area (Å²) in [5.74, 6) is 0. The maximum absolute atomic E-state index is 3.60. The molecule has 3 heteroatoms. The van der Waals surface area contributed by atoms with Crippen LogP contribution in [0.15, 0.2) is 18.5 Å². The maximum Gasteiger partial charge on any atom is 0.0487 e. The van der Waals surface area contributed by atoms with Gasteiger partial charge in [0.05, 0.1) is 0 Å². The van der Waals surface area contributed by atoms with Crippen LogP contribution in [0.2, 0.25) is 0 Å². The maximum atomic E-state index is 3.60. The molecule has 0 aliphatic heterocycles. The minimum Gasteiger partial charge on any atom is -0.286 e. The average Bonchev–Trinajstić information content (AvgIpc) is 1.76. The van der Waals surface area contributed by atoms with Crippen LogP contribution in [0.1, 0.15) is 0 Å². The number of hydrogen-bond donors (Lipinski definition) is 1. The van der Waals surface area contributed by atoms with Crippen LogP contribution in [0.25, 0.3) is 0 Å². The Morgan fingerprint density at radius 3 is 2.50 bits per heavy atom. The van der Waals surface area contributed by atoms with Crippen LogP contribution in [0.3, 0.4) is 0 Å². The second-order valence-electron chi connectivity index (χ2n) is 0.766. The molecule has 2 nitrogen and oxygen atoms in total. The molecular formula is C3H4N2Ru. The fourth-order valence-electron chi connectivity index (χ4n) is 0.215. The Labute approximate surface area is 48.7 Å². The van der Waals surface area contributed by atoms with Gasteiger partial charge in [-0.2, -0.15) is 5.10 Å². The van der Waals surface area contributed by atoms with Gasteiger partial charge in [0.1, 0.15) is 0 Å². The van der Waals surface area contributed by atoms with Crippen LogP contribution >= 0.6 is 0 Å². The molecule has 1 aromatic heterocycles. The molecule has 0 saturated carbocycles. The molecule has 0 atom stereocenters. The van der Waals surface area contributed by atoms with E-state index < -0.39 is 0 Å². The first kappa shape index (κ1) is 5.83. The van der Waals surface area contributed by atoms with Crippen molar-refractivity contribution in [1.82, 2.24) is 10.2 Å². The zero-order valence-corrected chi connectivity index (χ0v) is 4.77. The van der Waals surface area contributed by atoms with E-state index in [1.54, 1.807) is 12.4 Å². The normalized spacial score (nSPS) is 6.67. The average molecular weight is 169 g/mol. The predicted molar refractivity (Wildman–Crippen MR) is 18.6 cm³/mol. The largest absolute Gasteiger partial charge is 0.286 e. The summed E-state index contributed by atoms with van der Waals surface area (Å²) >= 11 is 0. The molecule has 0 aromatic carbocycles. The summed E-state index contributed by atoms with van der Waals surface area (Å²) in [7, 11) is 0. The fourth-order valence-corrected chi connectivity index (χ4v) is 0.215. The SMILES string of the molecule is [Ru].c1cn[nH]c1. The van der Waals surface area contributed by atoms with E-state index in [1.807, 2.05) is 6.07 Å². The fraction of sp³-hybridized carbons (Fsp3) is 0. The summed E-state index contributed by atoms with van der Waals surface area (Å²) in [5.41, 5.74) is 0. The number of hydrogen-bond acceptors (Lipinski definition) is 1. The van der Waals surface area contributed by atoms with Crippen molar-refractivity contribution in [1.29, 1.82) is 0 Å². The molecule has 1 aromatic rings. The molecule has 0 aliphatic carbocycles. The number of H-pyrrole nitrogens is 1. The van der Waals surface area contributed by atoms with Gasteiger partial charge in [-0.3, -0.25) is 5.10 Å². The molecule has 0 saturated heterocycles. The van der Waals surface area contributed by atoms with Gasteiger partial charge in [0.25, 0.3) is 0 Å². The standard InChI is InChI=1S/C3H4N2.Ru/c1-2-4-5-3-1;/h1-3H,(H,4,5);. The number of nitrogens with one attached hydrogen (secondary N) is 1. The minimum atomic E-state index is 0. The number of rotatable bonds is 0. The number of aromatic nitrogens is 2. The second kappa shape index (κ2) is 3.04. The summed E-state index contributed by atoms with van der Waals surface area (Å²) in [5, 5.41) is 6.21. The van der Waals surface area contributed by atoms with E-state index in [9.17, 15) is 0 Å². The van der Waals surface area contributed by atoms with Crippen molar-refractivity contribution in [3.63, 3.8) is 0 Å². The van der Waals surface area contributed by atoms with Gasteiger partial charge < -0.3 is 0 Å². The van der Waals surface area contributed by atoms with E-state index in [4.69, 9.17) is 0 Å². The van der Waals surface area contributed by atoms with Crippen molar-refractivity contribution in [3.05, 3.63) is 18.5 Å². The molecule has 0 spiro atoms. The molecule has 0 aliphatic rings. The quantitative estimate of drug-likeness (QED) is 0.560. The van der Waals surface area contributed by atoms with E-state index in [-0.39, 0.29) is 19.5 Å². The topological polar surface area (TPSA) is 28.7 Å². The van der Waals surface area contributed by atoms with Crippen molar-refractivity contribution < 1.29 is 19.5 Å². The summed E-state index contributed by atoms with van der Waals surface area (Å²) in [4.78, 5) is 0. The van der Waals surface area contributed by atoms with E-state index in [0.29, 0.717) is 0 Å². The van der Waals surface area contributed by atoms with Gasteiger partial charge in [-0.15, -0.1) is 0 Å². The summed E-state index contributed by atoms with van der Waals surface area (Å²) in [6.07, 6.45) is 3.46. The van der Waals surface area contributed by atoms with Crippen LogP contribution in [0, 0.1) is 0 Å². The van der Waals surface area contributed by atoms with Crippen LogP contribution in [0.4, 0.5) is 0 Å². The first-order chi connectivity index (χ1) is 2.50. The Morgan fingerprint density at radius 1 is 1.50 bits per heavy atom. The van der Waals surface area contributed by atoms with Gasteiger partial charge in [0, 0.05) is 31.9 Å². The van der Waals surface area contributed by atoms with Gasteiger partial charge in [0.2, 0.25) is 0 Å². The summed E-state index contributed by atoms with van der Waals surface area (Å²) in [6.45, 7) is 0. The molecule has 1 N–H and O–H groups in total. The Balaban J connectivity index is 0.000000250.